The smallest absolute Gasteiger partial charge is 0.193 e. The van der Waals surface area contributed by atoms with Gasteiger partial charge in [-0.2, -0.15) is 0 Å². The Hall–Kier alpha value is -1.67. The molecule has 2 N–H and O–H groups in total. The fourth-order valence-electron chi connectivity index (χ4n) is 2.56. The van der Waals surface area contributed by atoms with Crippen LogP contribution in [0.1, 0.15) is 11.1 Å². The van der Waals surface area contributed by atoms with Crippen molar-refractivity contribution in [3.8, 4) is 11.5 Å². The SMILES string of the molecule is CN=C(NCCc1ccc(OC)cc1O)N(C)Cc1cccc(Cl)c1.I. The summed E-state index contributed by atoms with van der Waals surface area (Å²) in [6.45, 7) is 1.36. The third-order valence-corrected chi connectivity index (χ3v) is 4.09. The first-order valence-electron chi connectivity index (χ1n) is 8.05. The molecule has 0 saturated heterocycles. The Morgan fingerprint density at radius 2 is 2.04 bits per heavy atom. The molecule has 0 heterocycles. The number of aromatic hydroxyl groups is 1. The maximum absolute atomic E-state index is 10.0. The number of hydrogen-bond acceptors (Lipinski definition) is 3. The molecule has 0 aromatic heterocycles. The van der Waals surface area contributed by atoms with Gasteiger partial charge in [-0.15, -0.1) is 24.0 Å². The van der Waals surface area contributed by atoms with Crippen LogP contribution < -0.4 is 10.1 Å². The van der Waals surface area contributed by atoms with Gasteiger partial charge in [0.2, 0.25) is 0 Å². The van der Waals surface area contributed by atoms with E-state index in [-0.39, 0.29) is 29.7 Å². The molecule has 0 saturated carbocycles. The summed E-state index contributed by atoms with van der Waals surface area (Å²) in [6, 6.07) is 13.1. The fourth-order valence-corrected chi connectivity index (χ4v) is 2.77. The highest BCUT2D eigenvalue weighted by Gasteiger charge is 2.08. The van der Waals surface area contributed by atoms with Crippen LogP contribution >= 0.6 is 35.6 Å². The molecule has 0 bridgehead atoms. The number of hydrogen-bond donors (Lipinski definition) is 2. The van der Waals surface area contributed by atoms with Crippen LogP contribution in [0.3, 0.4) is 0 Å². The first-order chi connectivity index (χ1) is 12.0. The van der Waals surface area contributed by atoms with Gasteiger partial charge in [-0.3, -0.25) is 4.99 Å². The molecule has 26 heavy (non-hydrogen) atoms. The zero-order valence-corrected chi connectivity index (χ0v) is 18.3. The lowest BCUT2D eigenvalue weighted by atomic mass is 10.1. The van der Waals surface area contributed by atoms with Gasteiger partial charge in [0.25, 0.3) is 0 Å². The summed E-state index contributed by atoms with van der Waals surface area (Å²) >= 11 is 6.03. The average Bonchev–Trinajstić information content (AvgIpc) is 2.59. The highest BCUT2D eigenvalue weighted by atomic mass is 127. The number of ether oxygens (including phenoxy) is 1. The molecule has 0 radical (unpaired) electrons. The number of methoxy groups -OCH3 is 1. The van der Waals surface area contributed by atoms with E-state index >= 15 is 0 Å². The van der Waals surface area contributed by atoms with E-state index in [1.165, 1.54) is 0 Å². The van der Waals surface area contributed by atoms with Crippen molar-refractivity contribution in [2.45, 2.75) is 13.0 Å². The van der Waals surface area contributed by atoms with E-state index < -0.39 is 0 Å². The van der Waals surface area contributed by atoms with Crippen molar-refractivity contribution in [3.63, 3.8) is 0 Å². The Kier molecular flexibility index (Phi) is 9.58. The van der Waals surface area contributed by atoms with Crippen LogP contribution in [0.5, 0.6) is 11.5 Å². The Morgan fingerprint density at radius 3 is 2.65 bits per heavy atom. The summed E-state index contributed by atoms with van der Waals surface area (Å²) in [7, 11) is 5.30. The van der Waals surface area contributed by atoms with E-state index in [2.05, 4.69) is 10.3 Å². The van der Waals surface area contributed by atoms with Gasteiger partial charge < -0.3 is 20.1 Å². The fraction of sp³-hybridized carbons (Fsp3) is 0.316. The second-order valence-electron chi connectivity index (χ2n) is 5.70. The predicted molar refractivity (Wildman–Crippen MR) is 118 cm³/mol. The number of phenolic OH excluding ortho intramolecular Hbond substituents is 1. The summed E-state index contributed by atoms with van der Waals surface area (Å²) in [4.78, 5) is 6.33. The zero-order chi connectivity index (χ0) is 18.2. The van der Waals surface area contributed by atoms with Crippen LogP contribution in [0.15, 0.2) is 47.5 Å². The topological polar surface area (TPSA) is 57.1 Å². The lowest BCUT2D eigenvalue weighted by Crippen LogP contribution is -2.39. The second-order valence-corrected chi connectivity index (χ2v) is 6.14. The summed E-state index contributed by atoms with van der Waals surface area (Å²) < 4.78 is 5.10. The van der Waals surface area contributed by atoms with Gasteiger partial charge >= 0.3 is 0 Å². The lowest BCUT2D eigenvalue weighted by Gasteiger charge is -2.22. The monoisotopic (exact) mass is 489 g/mol. The maximum Gasteiger partial charge on any atom is 0.193 e. The highest BCUT2D eigenvalue weighted by Crippen LogP contribution is 2.23. The quantitative estimate of drug-likeness (QED) is 0.367. The van der Waals surface area contributed by atoms with Crippen LogP contribution in [0.2, 0.25) is 5.02 Å². The van der Waals surface area contributed by atoms with Crippen molar-refractivity contribution in [1.29, 1.82) is 0 Å². The van der Waals surface area contributed by atoms with Crippen LogP contribution in [-0.2, 0) is 13.0 Å². The highest BCUT2D eigenvalue weighted by molar-refractivity contribution is 14.0. The minimum absolute atomic E-state index is 0. The largest absolute Gasteiger partial charge is 0.508 e. The van der Waals surface area contributed by atoms with Gasteiger partial charge in [-0.1, -0.05) is 29.8 Å². The van der Waals surface area contributed by atoms with Crippen LogP contribution in [0, 0.1) is 0 Å². The van der Waals surface area contributed by atoms with Crippen molar-refractivity contribution in [2.75, 3.05) is 27.7 Å². The van der Waals surface area contributed by atoms with Gasteiger partial charge in [0, 0.05) is 38.3 Å². The van der Waals surface area contributed by atoms with Crippen LogP contribution in [0.4, 0.5) is 0 Å². The van der Waals surface area contributed by atoms with E-state index in [0.29, 0.717) is 25.3 Å². The Labute approximate surface area is 177 Å². The summed E-state index contributed by atoms with van der Waals surface area (Å²) in [5.41, 5.74) is 1.98. The predicted octanol–water partition coefficient (Wildman–Crippen LogP) is 3.92. The third-order valence-electron chi connectivity index (χ3n) is 3.85. The molecule has 0 atom stereocenters. The molecule has 0 aliphatic heterocycles. The average molecular weight is 490 g/mol. The first-order valence-corrected chi connectivity index (χ1v) is 8.43. The molecule has 0 aliphatic carbocycles. The van der Waals surface area contributed by atoms with Crippen LogP contribution in [-0.4, -0.2) is 43.7 Å². The van der Waals surface area contributed by atoms with Crippen molar-refractivity contribution >= 4 is 41.5 Å². The van der Waals surface area contributed by atoms with Crippen molar-refractivity contribution in [1.82, 2.24) is 10.2 Å². The van der Waals surface area contributed by atoms with E-state index in [1.807, 2.05) is 48.3 Å². The molecule has 0 aliphatic rings. The van der Waals surface area contributed by atoms with E-state index in [1.54, 1.807) is 20.2 Å². The molecular weight excluding hydrogens is 465 g/mol. The number of guanidine groups is 1. The normalized spacial score (nSPS) is 10.8. The number of nitrogens with one attached hydrogen (secondary N) is 1. The van der Waals surface area contributed by atoms with E-state index in [0.717, 1.165) is 22.1 Å². The second kappa shape index (κ2) is 11.1. The maximum atomic E-state index is 10.0. The number of halogens is 2. The van der Waals surface area contributed by atoms with Crippen molar-refractivity contribution in [3.05, 3.63) is 58.6 Å². The first kappa shape index (κ1) is 22.4. The van der Waals surface area contributed by atoms with Crippen LogP contribution in [0.25, 0.3) is 0 Å². The molecule has 0 unspecified atom stereocenters. The summed E-state index contributed by atoms with van der Waals surface area (Å²) in [5, 5.41) is 14.0. The number of nitrogens with zero attached hydrogens (tertiary/aromatic N) is 2. The number of phenols is 1. The Balaban J connectivity index is 0.00000338. The van der Waals surface area contributed by atoms with Crippen molar-refractivity contribution < 1.29 is 9.84 Å². The van der Waals surface area contributed by atoms with Gasteiger partial charge in [0.1, 0.15) is 11.5 Å². The number of benzene rings is 2. The minimum atomic E-state index is 0. The molecular formula is C19H25ClIN3O2. The molecule has 5 nitrogen and oxygen atoms in total. The molecule has 2 aromatic carbocycles. The van der Waals surface area contributed by atoms with Gasteiger partial charge in [0.15, 0.2) is 5.96 Å². The van der Waals surface area contributed by atoms with Gasteiger partial charge in [0.05, 0.1) is 7.11 Å². The Morgan fingerprint density at radius 1 is 1.27 bits per heavy atom. The standard InChI is InChI=1S/C19H24ClN3O2.HI/c1-21-19(23(2)13-14-5-4-6-16(20)11-14)22-10-9-15-7-8-17(25-3)12-18(15)24;/h4-8,11-12,24H,9-10,13H2,1-3H3,(H,21,22);1H. The van der Waals surface area contributed by atoms with E-state index in [4.69, 9.17) is 16.3 Å². The van der Waals surface area contributed by atoms with Crippen molar-refractivity contribution in [2.24, 2.45) is 4.99 Å². The minimum Gasteiger partial charge on any atom is -0.508 e. The molecule has 0 amide bonds. The molecule has 2 rings (SSSR count). The molecule has 142 valence electrons. The third kappa shape index (κ3) is 6.57. The Bertz CT molecular complexity index is 740. The molecule has 0 spiro atoms. The zero-order valence-electron chi connectivity index (χ0n) is 15.2. The summed E-state index contributed by atoms with van der Waals surface area (Å²) in [6.07, 6.45) is 0.680. The summed E-state index contributed by atoms with van der Waals surface area (Å²) in [5.74, 6) is 1.67. The lowest BCUT2D eigenvalue weighted by molar-refractivity contribution is 0.406. The molecule has 2 aromatic rings. The van der Waals surface area contributed by atoms with Gasteiger partial charge in [-0.25, -0.2) is 0 Å². The number of rotatable bonds is 6. The molecule has 7 heteroatoms. The van der Waals surface area contributed by atoms with Gasteiger partial charge in [-0.05, 0) is 35.7 Å². The molecule has 0 fully saturated rings. The number of aliphatic imine (C=N–C) groups is 1. The van der Waals surface area contributed by atoms with E-state index in [9.17, 15) is 5.11 Å².